The van der Waals surface area contributed by atoms with Crippen LogP contribution >= 0.6 is 10.1 Å². The Morgan fingerprint density at radius 1 is 1.25 bits per heavy atom. The number of hydrogen-bond acceptors (Lipinski definition) is 4. The molecule has 20 heavy (non-hydrogen) atoms. The molecule has 0 radical (unpaired) electrons. The van der Waals surface area contributed by atoms with Crippen molar-refractivity contribution in [3.05, 3.63) is 30.1 Å². The van der Waals surface area contributed by atoms with Crippen LogP contribution in [0, 0.1) is 0 Å². The first-order chi connectivity index (χ1) is 9.77. The second-order valence-corrected chi connectivity index (χ2v) is 4.70. The summed E-state index contributed by atoms with van der Waals surface area (Å²) < 4.78 is 0. The van der Waals surface area contributed by atoms with Crippen LogP contribution < -0.4 is 0 Å². The second-order valence-electron chi connectivity index (χ2n) is 4.33. The first-order valence-corrected chi connectivity index (χ1v) is 8.05. The Labute approximate surface area is 138 Å². The predicted molar refractivity (Wildman–Crippen MR) is 82.5 cm³/mol. The predicted octanol–water partition coefficient (Wildman–Crippen LogP) is 2.88. The van der Waals surface area contributed by atoms with E-state index >= 15 is 0 Å². The van der Waals surface area contributed by atoms with Gasteiger partial charge in [0, 0.05) is 24.5 Å². The van der Waals surface area contributed by atoms with Crippen molar-refractivity contribution in [1.82, 2.24) is 9.88 Å². The number of nitrogens with zero attached hydrogens (tertiary/aromatic N) is 4. The summed E-state index contributed by atoms with van der Waals surface area (Å²) in [6.07, 6.45) is 5.42. The number of halogens is 1. The van der Waals surface area contributed by atoms with Crippen molar-refractivity contribution in [2.75, 3.05) is 13.1 Å². The summed E-state index contributed by atoms with van der Waals surface area (Å²) in [5.41, 5.74) is 1.62. The zero-order valence-electron chi connectivity index (χ0n) is 11.2. The summed E-state index contributed by atoms with van der Waals surface area (Å²) in [5, 5.41) is 8.88. The third-order valence-electron chi connectivity index (χ3n) is 2.95. The van der Waals surface area contributed by atoms with E-state index in [1.807, 2.05) is 25.1 Å². The summed E-state index contributed by atoms with van der Waals surface area (Å²) in [5.74, 6) is 0. The van der Waals surface area contributed by atoms with Gasteiger partial charge in [-0.05, 0) is 38.3 Å². The molecule has 0 bridgehead atoms. The van der Waals surface area contributed by atoms with Crippen molar-refractivity contribution in [2.45, 2.75) is 26.2 Å². The van der Waals surface area contributed by atoms with Gasteiger partial charge in [-0.25, -0.2) is 0 Å². The average Bonchev–Trinajstić information content (AvgIpc) is 2.55. The van der Waals surface area contributed by atoms with E-state index < -0.39 is 0 Å². The van der Waals surface area contributed by atoms with Crippen LogP contribution in [-0.2, 0) is 27.7 Å². The van der Waals surface area contributed by atoms with Crippen molar-refractivity contribution in [2.24, 2.45) is 10.2 Å². The van der Waals surface area contributed by atoms with Gasteiger partial charge in [-0.15, -0.1) is 0 Å². The number of rotatable bonds is 2. The molecule has 4 nitrogen and oxygen atoms in total. The maximum absolute atomic E-state index is 5.27. The fourth-order valence-corrected chi connectivity index (χ4v) is 2.12. The van der Waals surface area contributed by atoms with Gasteiger partial charge in [-0.2, -0.15) is 10.2 Å². The minimum absolute atomic E-state index is 0.588. The standard InChI is InChI=1S/C13H18N4S.ClH.Cu/c1-11(12-7-3-4-8-14-12)15-16-13(18)17-9-5-2-6-10-17;;/h3-4,7-8H,2,5-6,9-10H2,1H3,(H,16,18);1H;/q;;+2/p-2/b15-11+;;. The van der Waals surface area contributed by atoms with Crippen LogP contribution in [0.1, 0.15) is 31.9 Å². The van der Waals surface area contributed by atoms with Crippen molar-refractivity contribution in [3.63, 3.8) is 0 Å². The Hall–Kier alpha value is -0.681. The molecule has 1 saturated heterocycles. The Kier molecular flexibility index (Phi) is 8.78. The zero-order valence-corrected chi connectivity index (χ0v) is 13.7. The molecule has 2 rings (SSSR count). The Balaban J connectivity index is 0.000000956. The molecule has 1 aliphatic rings. The Bertz CT molecular complexity index is 447. The van der Waals surface area contributed by atoms with Crippen LogP contribution in [0.25, 0.3) is 0 Å². The normalized spacial score (nSPS) is 16.5. The van der Waals surface area contributed by atoms with Crippen LogP contribution in [0.15, 0.2) is 34.6 Å². The molecule has 0 amide bonds. The van der Waals surface area contributed by atoms with Gasteiger partial charge in [0.2, 0.25) is 0 Å². The molecule has 0 unspecified atom stereocenters. The van der Waals surface area contributed by atoms with Gasteiger partial charge < -0.3 is 17.5 Å². The van der Waals surface area contributed by atoms with Gasteiger partial charge in [0.05, 0.1) is 11.4 Å². The SMILES string of the molecule is C/C(=N\N=C(/[S-])N1CCCCC1)c1ccccn1.[Cl][Cu+]. The monoisotopic (exact) mass is 359 g/mol. The molecule has 0 aromatic carbocycles. The van der Waals surface area contributed by atoms with Crippen molar-refractivity contribution < 1.29 is 15.1 Å². The van der Waals surface area contributed by atoms with E-state index in [1.165, 1.54) is 19.3 Å². The molecule has 0 spiro atoms. The summed E-state index contributed by atoms with van der Waals surface area (Å²) in [6, 6.07) is 5.73. The molecule has 0 aliphatic carbocycles. The third-order valence-corrected chi connectivity index (χ3v) is 3.29. The maximum atomic E-state index is 5.27. The van der Waals surface area contributed by atoms with E-state index in [-0.39, 0.29) is 0 Å². The quantitative estimate of drug-likeness (QED) is 0.268. The first kappa shape index (κ1) is 17.4. The van der Waals surface area contributed by atoms with E-state index in [0.29, 0.717) is 5.17 Å². The average molecular weight is 360 g/mol. The van der Waals surface area contributed by atoms with Gasteiger partial charge in [0.1, 0.15) is 0 Å². The van der Waals surface area contributed by atoms with Gasteiger partial charge in [0.25, 0.3) is 0 Å². The van der Waals surface area contributed by atoms with Gasteiger partial charge >= 0.3 is 25.2 Å². The zero-order chi connectivity index (χ0) is 14.8. The molecule has 0 N–H and O–H groups in total. The van der Waals surface area contributed by atoms with Gasteiger partial charge in [-0.3, -0.25) is 4.98 Å². The molecule has 1 aromatic heterocycles. The summed E-state index contributed by atoms with van der Waals surface area (Å²) in [6.45, 7) is 3.89. The van der Waals surface area contributed by atoms with E-state index in [1.54, 1.807) is 6.20 Å². The number of pyridine rings is 1. The molecule has 1 aliphatic heterocycles. The molecule has 2 heterocycles. The van der Waals surface area contributed by atoms with Crippen LogP contribution in [-0.4, -0.2) is 33.9 Å². The molecule has 0 atom stereocenters. The van der Waals surface area contributed by atoms with Crippen molar-refractivity contribution >= 4 is 33.6 Å². The van der Waals surface area contributed by atoms with Crippen LogP contribution in [0.4, 0.5) is 0 Å². The Morgan fingerprint density at radius 2 is 1.95 bits per heavy atom. The van der Waals surface area contributed by atoms with E-state index in [0.717, 1.165) is 24.5 Å². The van der Waals surface area contributed by atoms with E-state index in [2.05, 4.69) is 45.3 Å². The van der Waals surface area contributed by atoms with Gasteiger partial charge in [-0.1, -0.05) is 6.07 Å². The number of amidine groups is 1. The number of hydrogen-bond donors (Lipinski definition) is 0. The molecule has 113 valence electrons. The Morgan fingerprint density at radius 3 is 2.55 bits per heavy atom. The molecule has 7 heteroatoms. The minimum atomic E-state index is 0.588. The summed E-state index contributed by atoms with van der Waals surface area (Å²) in [7, 11) is 4.20. The number of piperidine rings is 1. The first-order valence-electron chi connectivity index (χ1n) is 6.34. The molecule has 1 aromatic rings. The van der Waals surface area contributed by atoms with Crippen LogP contribution in [0.5, 0.6) is 0 Å². The number of aromatic nitrogens is 1. The molecular weight excluding hydrogens is 343 g/mol. The summed E-state index contributed by atoms with van der Waals surface area (Å²) in [4.78, 5) is 6.34. The topological polar surface area (TPSA) is 40.9 Å². The van der Waals surface area contributed by atoms with Crippen LogP contribution in [0.3, 0.4) is 0 Å². The third kappa shape index (κ3) is 5.75. The molecule has 1 fully saturated rings. The second kappa shape index (κ2) is 10.1. The van der Waals surface area contributed by atoms with E-state index in [9.17, 15) is 0 Å². The molecular formula is C13H17ClCuN4S. The van der Waals surface area contributed by atoms with Crippen molar-refractivity contribution in [1.29, 1.82) is 0 Å². The fourth-order valence-electron chi connectivity index (χ4n) is 1.89. The van der Waals surface area contributed by atoms with E-state index in [4.69, 9.17) is 12.6 Å². The number of likely N-dealkylation sites (tertiary alicyclic amines) is 1. The van der Waals surface area contributed by atoms with Gasteiger partial charge in [0.15, 0.2) is 0 Å². The van der Waals surface area contributed by atoms with Crippen molar-refractivity contribution in [3.8, 4) is 0 Å². The molecule has 0 saturated carbocycles. The van der Waals surface area contributed by atoms with Crippen LogP contribution in [0.2, 0.25) is 0 Å². The fraction of sp³-hybridized carbons (Fsp3) is 0.462. The summed E-state index contributed by atoms with van der Waals surface area (Å²) >= 11 is 8.93.